The normalized spacial score (nSPS) is 11.3. The molecule has 0 heterocycles. The van der Waals surface area contributed by atoms with E-state index in [0.29, 0.717) is 10.7 Å². The Morgan fingerprint density at radius 1 is 1.11 bits per heavy atom. The van der Waals surface area contributed by atoms with E-state index in [2.05, 4.69) is 20.7 Å². The lowest BCUT2D eigenvalue weighted by molar-refractivity contribution is 0.601. The Bertz CT molecular complexity index is 704. The molecule has 2 rings (SSSR count). The monoisotopic (exact) mass is 471 g/mol. The Hall–Kier alpha value is -0.310. The molecule has 0 aliphatic rings. The smallest absolute Gasteiger partial charge is 0.261 e. The summed E-state index contributed by atoms with van der Waals surface area (Å²) >= 11 is 11.1. The molecule has 100 valence electrons. The number of sulfonamides is 1. The van der Waals surface area contributed by atoms with Crippen LogP contribution < -0.4 is 4.72 Å². The zero-order valence-corrected chi connectivity index (χ0v) is 14.7. The topological polar surface area (TPSA) is 46.2 Å². The van der Waals surface area contributed by atoms with Gasteiger partial charge in [-0.15, -0.1) is 0 Å². The summed E-state index contributed by atoms with van der Waals surface area (Å²) in [7, 11) is -3.58. The Morgan fingerprint density at radius 3 is 2.32 bits per heavy atom. The molecular formula is C12H8BrClINO2S. The van der Waals surface area contributed by atoms with Gasteiger partial charge >= 0.3 is 0 Å². The molecule has 0 saturated heterocycles. The van der Waals surface area contributed by atoms with Crippen LogP contribution in [-0.2, 0) is 10.0 Å². The quantitative estimate of drug-likeness (QED) is 0.669. The van der Waals surface area contributed by atoms with Crippen LogP contribution in [0.2, 0.25) is 5.02 Å². The summed E-state index contributed by atoms with van der Waals surface area (Å²) in [6.07, 6.45) is 0. The lowest BCUT2D eigenvalue weighted by atomic mass is 10.3. The van der Waals surface area contributed by atoms with Crippen LogP contribution in [0.5, 0.6) is 0 Å². The molecule has 0 saturated carbocycles. The largest absolute Gasteiger partial charge is 0.279 e. The number of halogens is 3. The van der Waals surface area contributed by atoms with Crippen LogP contribution in [0.25, 0.3) is 0 Å². The molecule has 0 aliphatic heterocycles. The van der Waals surface area contributed by atoms with Crippen molar-refractivity contribution in [2.75, 3.05) is 4.72 Å². The zero-order chi connectivity index (χ0) is 14.0. The molecule has 2 aromatic rings. The van der Waals surface area contributed by atoms with Gasteiger partial charge < -0.3 is 0 Å². The van der Waals surface area contributed by atoms with E-state index in [9.17, 15) is 8.42 Å². The summed E-state index contributed by atoms with van der Waals surface area (Å²) in [5, 5.41) is 0.566. The van der Waals surface area contributed by atoms with E-state index >= 15 is 0 Å². The first-order chi connectivity index (χ1) is 8.88. The number of hydrogen-bond donors (Lipinski definition) is 1. The highest BCUT2D eigenvalue weighted by atomic mass is 127. The van der Waals surface area contributed by atoms with Crippen LogP contribution in [0, 0.1) is 3.57 Å². The average molecular weight is 473 g/mol. The fourth-order valence-corrected chi connectivity index (χ4v) is 3.92. The molecule has 3 nitrogen and oxygen atoms in total. The molecular weight excluding hydrogens is 464 g/mol. The maximum absolute atomic E-state index is 12.2. The number of benzene rings is 2. The summed E-state index contributed by atoms with van der Waals surface area (Å²) in [6, 6.07) is 11.4. The fraction of sp³-hybridized carbons (Fsp3) is 0. The first-order valence-electron chi connectivity index (χ1n) is 5.12. The van der Waals surface area contributed by atoms with Crippen molar-refractivity contribution in [1.29, 1.82) is 0 Å². The van der Waals surface area contributed by atoms with Crippen LogP contribution in [0.3, 0.4) is 0 Å². The van der Waals surface area contributed by atoms with E-state index in [1.165, 1.54) is 12.1 Å². The molecule has 0 bridgehead atoms. The highest BCUT2D eigenvalue weighted by molar-refractivity contribution is 14.1. The maximum atomic E-state index is 12.2. The molecule has 0 unspecified atom stereocenters. The van der Waals surface area contributed by atoms with E-state index in [-0.39, 0.29) is 4.90 Å². The zero-order valence-electron chi connectivity index (χ0n) is 9.40. The van der Waals surface area contributed by atoms with Gasteiger partial charge in [0, 0.05) is 13.1 Å². The van der Waals surface area contributed by atoms with E-state index in [1.807, 2.05) is 22.6 Å². The Kier molecular flexibility index (Phi) is 4.75. The predicted molar refractivity (Wildman–Crippen MR) is 89.1 cm³/mol. The second-order valence-electron chi connectivity index (χ2n) is 3.68. The van der Waals surface area contributed by atoms with Crippen molar-refractivity contribution in [2.24, 2.45) is 0 Å². The average Bonchev–Trinajstić information content (AvgIpc) is 2.33. The first-order valence-corrected chi connectivity index (χ1v) is 8.85. The van der Waals surface area contributed by atoms with Gasteiger partial charge in [0.1, 0.15) is 0 Å². The van der Waals surface area contributed by atoms with Crippen molar-refractivity contribution in [3.8, 4) is 0 Å². The van der Waals surface area contributed by atoms with E-state index in [1.54, 1.807) is 30.3 Å². The molecule has 0 spiro atoms. The molecule has 0 aromatic heterocycles. The van der Waals surface area contributed by atoms with Crippen molar-refractivity contribution in [3.05, 3.63) is 55.5 Å². The first kappa shape index (κ1) is 15.1. The molecule has 0 aliphatic carbocycles. The third-order valence-corrected chi connectivity index (χ3v) is 5.34. The molecule has 7 heteroatoms. The van der Waals surface area contributed by atoms with Gasteiger partial charge in [0.15, 0.2) is 0 Å². The van der Waals surface area contributed by atoms with Crippen molar-refractivity contribution in [1.82, 2.24) is 0 Å². The van der Waals surface area contributed by atoms with Gasteiger partial charge in [-0.2, -0.15) is 0 Å². The van der Waals surface area contributed by atoms with Crippen molar-refractivity contribution >= 4 is 65.8 Å². The van der Waals surface area contributed by atoms with Crippen molar-refractivity contribution in [3.63, 3.8) is 0 Å². The second kappa shape index (κ2) is 5.99. The minimum atomic E-state index is -3.58. The van der Waals surface area contributed by atoms with Crippen LogP contribution in [0.1, 0.15) is 0 Å². The Morgan fingerprint density at radius 2 is 1.74 bits per heavy atom. The lowest BCUT2D eigenvalue weighted by Gasteiger charge is -2.10. The Labute approximate surface area is 138 Å². The number of hydrogen-bond acceptors (Lipinski definition) is 2. The van der Waals surface area contributed by atoms with Gasteiger partial charge in [0.25, 0.3) is 10.0 Å². The van der Waals surface area contributed by atoms with Crippen LogP contribution >= 0.6 is 50.1 Å². The van der Waals surface area contributed by atoms with E-state index in [0.717, 1.165) is 8.04 Å². The van der Waals surface area contributed by atoms with E-state index in [4.69, 9.17) is 11.6 Å². The summed E-state index contributed by atoms with van der Waals surface area (Å²) < 4.78 is 28.5. The van der Waals surface area contributed by atoms with Gasteiger partial charge in [0.2, 0.25) is 0 Å². The van der Waals surface area contributed by atoms with E-state index < -0.39 is 10.0 Å². The third-order valence-electron chi connectivity index (χ3n) is 2.30. The maximum Gasteiger partial charge on any atom is 0.261 e. The summed E-state index contributed by atoms with van der Waals surface area (Å²) in [5.74, 6) is 0. The molecule has 1 N–H and O–H groups in total. The van der Waals surface area contributed by atoms with Crippen LogP contribution in [0.4, 0.5) is 5.69 Å². The standard InChI is InChI=1S/C12H8BrClINO2S/c13-8-1-4-10(5-2-8)19(17,18)16-12-6-3-9(14)7-11(12)15/h1-7,16H. The third kappa shape index (κ3) is 3.84. The number of nitrogens with one attached hydrogen (secondary N) is 1. The molecule has 0 fully saturated rings. The minimum Gasteiger partial charge on any atom is -0.279 e. The SMILES string of the molecule is O=S(=O)(Nc1ccc(Cl)cc1I)c1ccc(Br)cc1. The molecule has 19 heavy (non-hydrogen) atoms. The number of rotatable bonds is 3. The summed E-state index contributed by atoms with van der Waals surface area (Å²) in [4.78, 5) is 0.210. The summed E-state index contributed by atoms with van der Waals surface area (Å²) in [6.45, 7) is 0. The predicted octanol–water partition coefficient (Wildman–Crippen LogP) is 4.51. The van der Waals surface area contributed by atoms with Gasteiger partial charge in [-0.1, -0.05) is 27.5 Å². The van der Waals surface area contributed by atoms with Crippen LogP contribution in [-0.4, -0.2) is 8.42 Å². The Balaban J connectivity index is 2.33. The molecule has 0 radical (unpaired) electrons. The van der Waals surface area contributed by atoms with Gasteiger partial charge in [-0.25, -0.2) is 8.42 Å². The highest BCUT2D eigenvalue weighted by Gasteiger charge is 2.15. The lowest BCUT2D eigenvalue weighted by Crippen LogP contribution is -2.13. The number of anilines is 1. The second-order valence-corrected chi connectivity index (χ2v) is 7.88. The van der Waals surface area contributed by atoms with Gasteiger partial charge in [0.05, 0.1) is 10.6 Å². The van der Waals surface area contributed by atoms with Gasteiger partial charge in [-0.3, -0.25) is 4.72 Å². The molecule has 0 amide bonds. The summed E-state index contributed by atoms with van der Waals surface area (Å²) in [5.41, 5.74) is 0.507. The van der Waals surface area contributed by atoms with Crippen molar-refractivity contribution < 1.29 is 8.42 Å². The fourth-order valence-electron chi connectivity index (χ4n) is 1.39. The minimum absolute atomic E-state index is 0.210. The van der Waals surface area contributed by atoms with Crippen molar-refractivity contribution in [2.45, 2.75) is 4.90 Å². The highest BCUT2D eigenvalue weighted by Crippen LogP contribution is 2.25. The van der Waals surface area contributed by atoms with Crippen LogP contribution in [0.15, 0.2) is 51.8 Å². The molecule has 0 atom stereocenters. The molecule has 2 aromatic carbocycles. The van der Waals surface area contributed by atoms with Gasteiger partial charge in [-0.05, 0) is 65.1 Å².